The summed E-state index contributed by atoms with van der Waals surface area (Å²) in [5.41, 5.74) is 2.66. The first kappa shape index (κ1) is 10.7. The van der Waals surface area contributed by atoms with E-state index in [1.807, 2.05) is 36.6 Å². The van der Waals surface area contributed by atoms with E-state index in [4.69, 9.17) is 5.26 Å². The van der Waals surface area contributed by atoms with E-state index in [9.17, 15) is 0 Å². The molecule has 80 valence electrons. The van der Waals surface area contributed by atoms with E-state index in [2.05, 4.69) is 16.4 Å². The summed E-state index contributed by atoms with van der Waals surface area (Å²) < 4.78 is 0. The fraction of sp³-hybridized carbons (Fsp3) is 0.167. The van der Waals surface area contributed by atoms with Gasteiger partial charge in [0.25, 0.3) is 0 Å². The van der Waals surface area contributed by atoms with Crippen LogP contribution in [-0.2, 0) is 0 Å². The average molecular weight is 229 g/mol. The maximum absolute atomic E-state index is 8.70. The summed E-state index contributed by atoms with van der Waals surface area (Å²) in [4.78, 5) is 4.45. The molecular formula is C12H11N3S. The molecule has 1 aromatic carbocycles. The fourth-order valence-electron chi connectivity index (χ4n) is 1.35. The van der Waals surface area contributed by atoms with Gasteiger partial charge in [-0.1, -0.05) is 12.1 Å². The van der Waals surface area contributed by atoms with Crippen molar-refractivity contribution in [1.82, 2.24) is 4.98 Å². The van der Waals surface area contributed by atoms with Crippen molar-refractivity contribution >= 4 is 16.5 Å². The summed E-state index contributed by atoms with van der Waals surface area (Å²) in [6, 6.07) is 9.56. The van der Waals surface area contributed by atoms with Gasteiger partial charge in [-0.3, -0.25) is 0 Å². The molecule has 16 heavy (non-hydrogen) atoms. The Bertz CT molecular complexity index is 508. The number of benzene rings is 1. The van der Waals surface area contributed by atoms with Gasteiger partial charge in [0.2, 0.25) is 0 Å². The van der Waals surface area contributed by atoms with Crippen LogP contribution in [0.3, 0.4) is 0 Å². The number of rotatable bonds is 3. The number of hydrogen-bond donors (Lipinski definition) is 1. The average Bonchev–Trinajstić information content (AvgIpc) is 2.78. The number of nitrogens with zero attached hydrogens (tertiary/aromatic N) is 2. The Balaban J connectivity index is 2.25. The van der Waals surface area contributed by atoms with Crippen LogP contribution in [0.25, 0.3) is 11.3 Å². The van der Waals surface area contributed by atoms with Gasteiger partial charge in [-0.15, -0.1) is 11.3 Å². The van der Waals surface area contributed by atoms with Crippen molar-refractivity contribution < 1.29 is 0 Å². The molecule has 1 N–H and O–H groups in total. The second-order valence-electron chi connectivity index (χ2n) is 3.26. The quantitative estimate of drug-likeness (QED) is 0.879. The topological polar surface area (TPSA) is 48.7 Å². The Morgan fingerprint density at radius 1 is 1.38 bits per heavy atom. The third kappa shape index (κ3) is 2.20. The van der Waals surface area contributed by atoms with Gasteiger partial charge in [-0.25, -0.2) is 4.98 Å². The highest BCUT2D eigenvalue weighted by Crippen LogP contribution is 2.24. The summed E-state index contributed by atoms with van der Waals surface area (Å²) in [5.74, 6) is 0. The number of nitrogens with one attached hydrogen (secondary N) is 1. The third-order valence-electron chi connectivity index (χ3n) is 2.14. The Labute approximate surface area is 98.4 Å². The normalized spacial score (nSPS) is 9.75. The minimum atomic E-state index is 0.672. The van der Waals surface area contributed by atoms with Crippen LogP contribution in [0.2, 0.25) is 0 Å². The molecule has 0 radical (unpaired) electrons. The molecule has 0 aliphatic carbocycles. The van der Waals surface area contributed by atoms with E-state index < -0.39 is 0 Å². The van der Waals surface area contributed by atoms with Crippen LogP contribution in [-0.4, -0.2) is 11.5 Å². The Kier molecular flexibility index (Phi) is 3.18. The third-order valence-corrected chi connectivity index (χ3v) is 2.94. The van der Waals surface area contributed by atoms with Crippen molar-refractivity contribution in [3.05, 3.63) is 35.2 Å². The zero-order chi connectivity index (χ0) is 11.4. The van der Waals surface area contributed by atoms with E-state index >= 15 is 0 Å². The number of aromatic nitrogens is 1. The lowest BCUT2D eigenvalue weighted by molar-refractivity contribution is 1.19. The molecule has 3 nitrogen and oxygen atoms in total. The summed E-state index contributed by atoms with van der Waals surface area (Å²) in [6.07, 6.45) is 0. The molecule has 0 unspecified atom stereocenters. The van der Waals surface area contributed by atoms with E-state index in [0.717, 1.165) is 22.9 Å². The molecule has 2 aromatic rings. The number of nitriles is 1. The lowest BCUT2D eigenvalue weighted by Crippen LogP contribution is -1.94. The van der Waals surface area contributed by atoms with Crippen LogP contribution in [0, 0.1) is 11.3 Å². The molecule has 4 heteroatoms. The van der Waals surface area contributed by atoms with Gasteiger partial charge in [0, 0.05) is 17.5 Å². The monoisotopic (exact) mass is 229 g/mol. The molecule has 0 saturated carbocycles. The van der Waals surface area contributed by atoms with Crippen LogP contribution in [0.1, 0.15) is 12.5 Å². The highest BCUT2D eigenvalue weighted by Gasteiger charge is 2.03. The Morgan fingerprint density at radius 3 is 2.75 bits per heavy atom. The number of hydrogen-bond acceptors (Lipinski definition) is 4. The van der Waals surface area contributed by atoms with E-state index in [1.54, 1.807) is 11.3 Å². The molecule has 0 fully saturated rings. The fourth-order valence-corrected chi connectivity index (χ4v) is 2.15. The predicted octanol–water partition coefficient (Wildman–Crippen LogP) is 3.11. The molecule has 1 heterocycles. The molecule has 0 bridgehead atoms. The minimum Gasteiger partial charge on any atom is -0.362 e. The van der Waals surface area contributed by atoms with Gasteiger partial charge < -0.3 is 5.32 Å². The van der Waals surface area contributed by atoms with Crippen molar-refractivity contribution in [2.24, 2.45) is 0 Å². The lowest BCUT2D eigenvalue weighted by Gasteiger charge is -1.97. The second-order valence-corrected chi connectivity index (χ2v) is 4.12. The van der Waals surface area contributed by atoms with Crippen LogP contribution in [0.15, 0.2) is 29.6 Å². The lowest BCUT2D eigenvalue weighted by atomic mass is 10.1. The van der Waals surface area contributed by atoms with Gasteiger partial charge >= 0.3 is 0 Å². The molecule has 0 aliphatic heterocycles. The highest BCUT2D eigenvalue weighted by atomic mass is 32.1. The van der Waals surface area contributed by atoms with Crippen molar-refractivity contribution in [3.63, 3.8) is 0 Å². The maximum atomic E-state index is 8.70. The van der Waals surface area contributed by atoms with E-state index in [0.29, 0.717) is 5.56 Å². The van der Waals surface area contributed by atoms with Crippen LogP contribution in [0.5, 0.6) is 0 Å². The summed E-state index contributed by atoms with van der Waals surface area (Å²) in [7, 11) is 0. The summed E-state index contributed by atoms with van der Waals surface area (Å²) in [5, 5.41) is 14.8. The molecule has 0 amide bonds. The van der Waals surface area contributed by atoms with Gasteiger partial charge in [0.15, 0.2) is 5.13 Å². The van der Waals surface area contributed by atoms with Crippen molar-refractivity contribution in [2.45, 2.75) is 6.92 Å². The summed E-state index contributed by atoms with van der Waals surface area (Å²) in [6.45, 7) is 2.92. The first-order valence-corrected chi connectivity index (χ1v) is 5.91. The van der Waals surface area contributed by atoms with Crippen molar-refractivity contribution in [1.29, 1.82) is 5.26 Å². The molecule has 1 aromatic heterocycles. The number of thiazole rings is 1. The standard InChI is InChI=1S/C12H11N3S/c1-2-14-12-15-11(8-16-12)10-5-3-9(7-13)4-6-10/h3-6,8H,2H2,1H3,(H,14,15). The first-order valence-electron chi connectivity index (χ1n) is 5.03. The van der Waals surface area contributed by atoms with E-state index in [1.165, 1.54) is 0 Å². The zero-order valence-corrected chi connectivity index (χ0v) is 9.71. The molecule has 2 rings (SSSR count). The molecule has 0 aliphatic rings. The van der Waals surface area contributed by atoms with Gasteiger partial charge in [0.05, 0.1) is 17.3 Å². The molecular weight excluding hydrogens is 218 g/mol. The van der Waals surface area contributed by atoms with Crippen LogP contribution >= 0.6 is 11.3 Å². The van der Waals surface area contributed by atoms with Gasteiger partial charge in [-0.05, 0) is 19.1 Å². The molecule has 0 spiro atoms. The van der Waals surface area contributed by atoms with Crippen molar-refractivity contribution in [2.75, 3.05) is 11.9 Å². The van der Waals surface area contributed by atoms with Crippen molar-refractivity contribution in [3.8, 4) is 17.3 Å². The molecule has 0 atom stereocenters. The van der Waals surface area contributed by atoms with Gasteiger partial charge in [0.1, 0.15) is 0 Å². The smallest absolute Gasteiger partial charge is 0.183 e. The highest BCUT2D eigenvalue weighted by molar-refractivity contribution is 7.14. The Hall–Kier alpha value is -1.86. The molecule has 0 saturated heterocycles. The van der Waals surface area contributed by atoms with E-state index in [-0.39, 0.29) is 0 Å². The second kappa shape index (κ2) is 4.77. The van der Waals surface area contributed by atoms with Gasteiger partial charge in [-0.2, -0.15) is 5.26 Å². The van der Waals surface area contributed by atoms with Crippen LogP contribution in [0.4, 0.5) is 5.13 Å². The van der Waals surface area contributed by atoms with Crippen LogP contribution < -0.4 is 5.32 Å². The largest absolute Gasteiger partial charge is 0.362 e. The maximum Gasteiger partial charge on any atom is 0.183 e. The predicted molar refractivity (Wildman–Crippen MR) is 66.4 cm³/mol. The first-order chi connectivity index (χ1) is 7.83. The Morgan fingerprint density at radius 2 is 2.12 bits per heavy atom. The zero-order valence-electron chi connectivity index (χ0n) is 8.90. The SMILES string of the molecule is CCNc1nc(-c2ccc(C#N)cc2)cs1. The number of anilines is 1. The summed E-state index contributed by atoms with van der Waals surface area (Å²) >= 11 is 1.59. The minimum absolute atomic E-state index is 0.672.